The van der Waals surface area contributed by atoms with Crippen LogP contribution in [0.15, 0.2) is 34.1 Å². The number of ether oxygens (including phenoxy) is 1. The fourth-order valence-corrected chi connectivity index (χ4v) is 3.53. The normalized spacial score (nSPS) is 12.5. The molecule has 9 heteroatoms. The number of amides is 2. The number of nitrogens with one attached hydrogen (secondary N) is 2. The topological polar surface area (TPSA) is 83.6 Å². The van der Waals surface area contributed by atoms with Crippen LogP contribution in [-0.4, -0.2) is 54.2 Å². The Morgan fingerprint density at radius 3 is 2.66 bits per heavy atom. The summed E-state index contributed by atoms with van der Waals surface area (Å²) >= 11 is 4.78. The van der Waals surface area contributed by atoms with Gasteiger partial charge in [-0.05, 0) is 60.0 Å². The number of alkyl carbamates (subject to hydrolysis) is 1. The monoisotopic (exact) mass is 482 g/mol. The van der Waals surface area contributed by atoms with Crippen LogP contribution in [0.3, 0.4) is 0 Å². The van der Waals surface area contributed by atoms with Crippen LogP contribution < -0.4 is 10.6 Å². The van der Waals surface area contributed by atoms with Crippen molar-refractivity contribution in [2.45, 2.75) is 38.8 Å². The molecule has 2 N–H and O–H groups in total. The van der Waals surface area contributed by atoms with E-state index in [1.54, 1.807) is 20.8 Å². The molecule has 0 fully saturated rings. The number of hydrogen-bond donors (Lipinski definition) is 2. The molecular formula is C20H27BrN4O3S. The summed E-state index contributed by atoms with van der Waals surface area (Å²) in [5, 5.41) is 7.83. The predicted octanol–water partition coefficient (Wildman–Crippen LogP) is 4.36. The minimum atomic E-state index is -0.731. The number of anilines is 1. The SMILES string of the molecule is CN(C)CCC(NC(=O)OC(C)(C)C)C(=O)Nc1nc(-c2cccc(Br)c2)cs1. The van der Waals surface area contributed by atoms with Gasteiger partial charge in [-0.2, -0.15) is 0 Å². The Kier molecular flexibility index (Phi) is 8.18. The van der Waals surface area contributed by atoms with E-state index in [0.29, 0.717) is 18.1 Å². The van der Waals surface area contributed by atoms with Gasteiger partial charge in [0.05, 0.1) is 5.69 Å². The van der Waals surface area contributed by atoms with E-state index in [9.17, 15) is 9.59 Å². The van der Waals surface area contributed by atoms with Gasteiger partial charge in [0.25, 0.3) is 0 Å². The van der Waals surface area contributed by atoms with Gasteiger partial charge in [0.1, 0.15) is 11.6 Å². The van der Waals surface area contributed by atoms with Crippen LogP contribution >= 0.6 is 27.3 Å². The van der Waals surface area contributed by atoms with Gasteiger partial charge >= 0.3 is 6.09 Å². The zero-order chi connectivity index (χ0) is 21.6. The molecule has 0 radical (unpaired) electrons. The first-order chi connectivity index (χ1) is 13.5. The average molecular weight is 483 g/mol. The molecule has 2 aromatic rings. The van der Waals surface area contributed by atoms with Crippen LogP contribution in [0.1, 0.15) is 27.2 Å². The summed E-state index contributed by atoms with van der Waals surface area (Å²) in [6.45, 7) is 5.97. The van der Waals surface area contributed by atoms with E-state index in [1.807, 2.05) is 48.6 Å². The maximum Gasteiger partial charge on any atom is 0.408 e. The smallest absolute Gasteiger partial charge is 0.408 e. The minimum Gasteiger partial charge on any atom is -0.444 e. The molecule has 0 spiro atoms. The van der Waals surface area contributed by atoms with E-state index in [0.717, 1.165) is 15.7 Å². The van der Waals surface area contributed by atoms with Crippen molar-refractivity contribution in [1.29, 1.82) is 0 Å². The summed E-state index contributed by atoms with van der Waals surface area (Å²) < 4.78 is 6.24. The van der Waals surface area contributed by atoms with Crippen LogP contribution in [0.5, 0.6) is 0 Å². The van der Waals surface area contributed by atoms with Crippen molar-refractivity contribution in [2.24, 2.45) is 0 Å². The number of rotatable bonds is 7. The fourth-order valence-electron chi connectivity index (χ4n) is 2.41. The van der Waals surface area contributed by atoms with Crippen LogP contribution in [0.25, 0.3) is 11.3 Å². The largest absolute Gasteiger partial charge is 0.444 e. The van der Waals surface area contributed by atoms with E-state index >= 15 is 0 Å². The van der Waals surface area contributed by atoms with E-state index in [4.69, 9.17) is 4.74 Å². The highest BCUT2D eigenvalue weighted by atomic mass is 79.9. The maximum atomic E-state index is 12.8. The molecular weight excluding hydrogens is 456 g/mol. The molecule has 0 saturated heterocycles. The van der Waals surface area contributed by atoms with Crippen molar-refractivity contribution in [2.75, 3.05) is 26.0 Å². The molecule has 0 saturated carbocycles. The van der Waals surface area contributed by atoms with Crippen LogP contribution in [0.2, 0.25) is 0 Å². The van der Waals surface area contributed by atoms with Gasteiger partial charge in [-0.3, -0.25) is 4.79 Å². The van der Waals surface area contributed by atoms with Gasteiger partial charge in [-0.15, -0.1) is 11.3 Å². The third-order valence-electron chi connectivity index (χ3n) is 3.73. The van der Waals surface area contributed by atoms with Crippen molar-refractivity contribution in [1.82, 2.24) is 15.2 Å². The Bertz CT molecular complexity index is 848. The van der Waals surface area contributed by atoms with Crippen LogP contribution in [-0.2, 0) is 9.53 Å². The number of carbonyl (C=O) groups is 2. The first-order valence-electron chi connectivity index (χ1n) is 9.20. The fraction of sp³-hybridized carbons (Fsp3) is 0.450. The van der Waals surface area contributed by atoms with Gasteiger partial charge in [-0.25, -0.2) is 9.78 Å². The zero-order valence-electron chi connectivity index (χ0n) is 17.3. The standard InChI is InChI=1S/C20H27BrN4O3S/c1-20(2,3)28-19(27)23-15(9-10-25(4)5)17(26)24-18-22-16(12-29-18)13-7-6-8-14(21)11-13/h6-8,11-12,15H,9-10H2,1-5H3,(H,23,27)(H,22,24,26). The van der Waals surface area contributed by atoms with E-state index < -0.39 is 17.7 Å². The number of nitrogens with zero attached hydrogens (tertiary/aromatic N) is 2. The summed E-state index contributed by atoms with van der Waals surface area (Å²) in [4.78, 5) is 31.4. The highest BCUT2D eigenvalue weighted by molar-refractivity contribution is 9.10. The molecule has 1 aromatic heterocycles. The number of carbonyl (C=O) groups excluding carboxylic acids is 2. The van der Waals surface area contributed by atoms with Crippen LogP contribution in [0.4, 0.5) is 9.93 Å². The molecule has 1 unspecified atom stereocenters. The second-order valence-corrected chi connectivity index (χ2v) is 9.60. The average Bonchev–Trinajstić information content (AvgIpc) is 3.05. The number of hydrogen-bond acceptors (Lipinski definition) is 6. The molecule has 0 aliphatic heterocycles. The lowest BCUT2D eigenvalue weighted by molar-refractivity contribution is -0.118. The van der Waals surface area contributed by atoms with Gasteiger partial charge < -0.3 is 20.3 Å². The first kappa shape index (κ1) is 23.3. The number of benzene rings is 1. The Labute approximate surface area is 184 Å². The van der Waals surface area contributed by atoms with Gasteiger partial charge in [0, 0.05) is 15.4 Å². The van der Waals surface area contributed by atoms with Gasteiger partial charge in [0.2, 0.25) is 5.91 Å². The summed E-state index contributed by atoms with van der Waals surface area (Å²) in [6, 6.07) is 7.06. The maximum absolute atomic E-state index is 12.8. The lowest BCUT2D eigenvalue weighted by Gasteiger charge is -2.23. The highest BCUT2D eigenvalue weighted by Gasteiger charge is 2.25. The molecule has 1 heterocycles. The van der Waals surface area contributed by atoms with Crippen molar-refractivity contribution < 1.29 is 14.3 Å². The summed E-state index contributed by atoms with van der Waals surface area (Å²) in [5.41, 5.74) is 1.09. The van der Waals surface area contributed by atoms with Crippen molar-refractivity contribution in [3.8, 4) is 11.3 Å². The summed E-state index contributed by atoms with van der Waals surface area (Å²) in [6.07, 6.45) is -0.174. The Balaban J connectivity index is 2.07. The molecule has 29 heavy (non-hydrogen) atoms. The van der Waals surface area contributed by atoms with Gasteiger partial charge in [-0.1, -0.05) is 28.1 Å². The second kappa shape index (κ2) is 10.2. The third kappa shape index (κ3) is 8.12. The van der Waals surface area contributed by atoms with E-state index in [2.05, 4.69) is 31.5 Å². The van der Waals surface area contributed by atoms with Gasteiger partial charge in [0.15, 0.2) is 5.13 Å². The molecule has 0 aliphatic carbocycles. The quantitative estimate of drug-likeness (QED) is 0.612. The Morgan fingerprint density at radius 1 is 1.31 bits per heavy atom. The van der Waals surface area contributed by atoms with E-state index in [-0.39, 0.29) is 5.91 Å². The molecule has 0 aliphatic rings. The molecule has 2 rings (SSSR count). The summed E-state index contributed by atoms with van der Waals surface area (Å²) in [5.74, 6) is -0.326. The zero-order valence-corrected chi connectivity index (χ0v) is 19.7. The molecule has 1 aromatic carbocycles. The van der Waals surface area contributed by atoms with Crippen molar-refractivity contribution in [3.05, 3.63) is 34.1 Å². The lowest BCUT2D eigenvalue weighted by atomic mass is 10.2. The predicted molar refractivity (Wildman–Crippen MR) is 120 cm³/mol. The minimum absolute atomic E-state index is 0.326. The van der Waals surface area contributed by atoms with Crippen molar-refractivity contribution >= 4 is 44.4 Å². The number of halogens is 1. The molecule has 7 nitrogen and oxygen atoms in total. The molecule has 2 amide bonds. The highest BCUT2D eigenvalue weighted by Crippen LogP contribution is 2.27. The van der Waals surface area contributed by atoms with Crippen molar-refractivity contribution in [3.63, 3.8) is 0 Å². The molecule has 0 bridgehead atoms. The number of thiazole rings is 1. The molecule has 158 valence electrons. The lowest BCUT2D eigenvalue weighted by Crippen LogP contribution is -2.47. The summed E-state index contributed by atoms with van der Waals surface area (Å²) in [7, 11) is 3.82. The molecule has 1 atom stereocenters. The van der Waals surface area contributed by atoms with E-state index in [1.165, 1.54) is 11.3 Å². The third-order valence-corrected chi connectivity index (χ3v) is 4.98. The first-order valence-corrected chi connectivity index (χ1v) is 10.9. The Morgan fingerprint density at radius 2 is 2.03 bits per heavy atom. The second-order valence-electron chi connectivity index (χ2n) is 7.83. The number of aromatic nitrogens is 1. The van der Waals surface area contributed by atoms with Crippen LogP contribution in [0, 0.1) is 0 Å². The Hall–Kier alpha value is -1.97.